The molecule has 0 bridgehead atoms. The lowest BCUT2D eigenvalue weighted by atomic mass is 10.1. The molecule has 2 amide bonds. The number of nitrogens with one attached hydrogen (secondary N) is 1. The summed E-state index contributed by atoms with van der Waals surface area (Å²) in [5.41, 5.74) is 0.317. The summed E-state index contributed by atoms with van der Waals surface area (Å²) in [6.45, 7) is 1.25. The third-order valence-electron chi connectivity index (χ3n) is 3.14. The van der Waals surface area contributed by atoms with Gasteiger partial charge in [-0.15, -0.1) is 0 Å². The number of carbonyl (C=O) groups excluding carboxylic acids is 2. The molecule has 0 aromatic heterocycles. The minimum absolute atomic E-state index is 0.317. The molecule has 0 aliphatic carbocycles. The normalized spacial score (nSPS) is 30.1. The maximum absolute atomic E-state index is 11.6. The first-order chi connectivity index (χ1) is 9.49. The van der Waals surface area contributed by atoms with Gasteiger partial charge in [0.15, 0.2) is 6.23 Å². The molecule has 4 N–H and O–H groups in total. The zero-order valence-corrected chi connectivity index (χ0v) is 11.4. The lowest BCUT2D eigenvalue weighted by Gasteiger charge is -2.24. The first-order valence-corrected chi connectivity index (χ1v) is 6.28. The first-order valence-electron chi connectivity index (χ1n) is 6.28. The lowest BCUT2D eigenvalue weighted by Crippen LogP contribution is -2.41. The van der Waals surface area contributed by atoms with Crippen LogP contribution < -0.4 is 5.32 Å². The van der Waals surface area contributed by atoms with Gasteiger partial charge >= 0.3 is 0 Å². The maximum Gasteiger partial charge on any atom is 0.248 e. The molecule has 8 heteroatoms. The van der Waals surface area contributed by atoms with Gasteiger partial charge in [0.1, 0.15) is 18.3 Å². The average Bonchev–Trinajstić information content (AvgIpc) is 2.75. The van der Waals surface area contributed by atoms with Crippen LogP contribution in [0.2, 0.25) is 0 Å². The van der Waals surface area contributed by atoms with Crippen molar-refractivity contribution in [3.05, 3.63) is 11.8 Å². The van der Waals surface area contributed by atoms with E-state index in [0.29, 0.717) is 18.4 Å². The van der Waals surface area contributed by atoms with Crippen LogP contribution >= 0.6 is 0 Å². The van der Waals surface area contributed by atoms with E-state index in [1.807, 2.05) is 0 Å². The van der Waals surface area contributed by atoms with Crippen molar-refractivity contribution in [3.8, 4) is 0 Å². The Morgan fingerprint density at radius 1 is 1.40 bits per heavy atom. The molecule has 8 nitrogen and oxygen atoms in total. The molecule has 1 fully saturated rings. The predicted molar refractivity (Wildman–Crippen MR) is 68.1 cm³/mol. The summed E-state index contributed by atoms with van der Waals surface area (Å²) in [6.07, 6.45) is -2.77. The van der Waals surface area contributed by atoms with Crippen molar-refractivity contribution in [3.63, 3.8) is 0 Å². The molecule has 4 atom stereocenters. The molecule has 0 aromatic carbocycles. The van der Waals surface area contributed by atoms with E-state index >= 15 is 0 Å². The fourth-order valence-corrected chi connectivity index (χ4v) is 1.94. The van der Waals surface area contributed by atoms with Gasteiger partial charge in [-0.1, -0.05) is 6.92 Å². The van der Waals surface area contributed by atoms with Crippen LogP contribution in [0.5, 0.6) is 0 Å². The molecule has 0 saturated carbocycles. The Hall–Kier alpha value is -1.48. The fourth-order valence-electron chi connectivity index (χ4n) is 1.94. The minimum Gasteiger partial charge on any atom is -0.394 e. The van der Waals surface area contributed by atoms with Crippen molar-refractivity contribution in [2.24, 2.45) is 0 Å². The monoisotopic (exact) mass is 288 g/mol. The van der Waals surface area contributed by atoms with Crippen LogP contribution in [0.15, 0.2) is 11.8 Å². The lowest BCUT2D eigenvalue weighted by molar-refractivity contribution is -0.133. The SMILES string of the molecule is CC/C(=C/N(C=O)C1OC(CO)C(O)C1O)C(=O)NC. The highest BCUT2D eigenvalue weighted by molar-refractivity contribution is 5.93. The number of likely N-dealkylation sites (N-methyl/N-ethyl adjacent to an activating group) is 1. The molecule has 1 aliphatic heterocycles. The number of hydrogen-bond acceptors (Lipinski definition) is 6. The van der Waals surface area contributed by atoms with Gasteiger partial charge in [-0.2, -0.15) is 0 Å². The van der Waals surface area contributed by atoms with Crippen LogP contribution in [-0.2, 0) is 14.3 Å². The molecular weight excluding hydrogens is 268 g/mol. The summed E-state index contributed by atoms with van der Waals surface area (Å²) in [7, 11) is 1.46. The molecular formula is C12H20N2O6. The summed E-state index contributed by atoms with van der Waals surface area (Å²) < 4.78 is 5.22. The Bertz CT molecular complexity index is 386. The standard InChI is InChI=1S/C12H20N2O6/c1-3-7(11(19)13-2)4-14(6-16)12-10(18)9(17)8(5-15)20-12/h4,6,8-10,12,15,17-18H,3,5H2,1-2H3,(H,13,19)/b7-4-. The van der Waals surface area contributed by atoms with E-state index in [1.165, 1.54) is 13.2 Å². The largest absolute Gasteiger partial charge is 0.394 e. The van der Waals surface area contributed by atoms with Crippen LogP contribution in [0.1, 0.15) is 13.3 Å². The van der Waals surface area contributed by atoms with Crippen molar-refractivity contribution >= 4 is 12.3 Å². The van der Waals surface area contributed by atoms with E-state index in [1.54, 1.807) is 6.92 Å². The van der Waals surface area contributed by atoms with Gasteiger partial charge < -0.3 is 25.4 Å². The van der Waals surface area contributed by atoms with Crippen molar-refractivity contribution < 1.29 is 29.6 Å². The number of amides is 2. The zero-order chi connectivity index (χ0) is 15.3. The second-order valence-corrected chi connectivity index (χ2v) is 4.37. The van der Waals surface area contributed by atoms with E-state index in [-0.39, 0.29) is 5.91 Å². The number of ether oxygens (including phenoxy) is 1. The van der Waals surface area contributed by atoms with E-state index in [9.17, 15) is 19.8 Å². The molecule has 20 heavy (non-hydrogen) atoms. The quantitative estimate of drug-likeness (QED) is 0.329. The second-order valence-electron chi connectivity index (χ2n) is 4.37. The second kappa shape index (κ2) is 7.34. The number of nitrogens with zero attached hydrogens (tertiary/aromatic N) is 1. The Labute approximate surface area is 116 Å². The van der Waals surface area contributed by atoms with Crippen molar-refractivity contribution in [1.82, 2.24) is 10.2 Å². The van der Waals surface area contributed by atoms with E-state index < -0.39 is 31.1 Å². The van der Waals surface area contributed by atoms with Gasteiger partial charge in [0.25, 0.3) is 0 Å². The average molecular weight is 288 g/mol. The Morgan fingerprint density at radius 2 is 2.05 bits per heavy atom. The smallest absolute Gasteiger partial charge is 0.248 e. The van der Waals surface area contributed by atoms with E-state index in [2.05, 4.69) is 5.32 Å². The third-order valence-corrected chi connectivity index (χ3v) is 3.14. The predicted octanol–water partition coefficient (Wildman–Crippen LogP) is -2.08. The minimum atomic E-state index is -1.36. The molecule has 1 rings (SSSR count). The van der Waals surface area contributed by atoms with Crippen LogP contribution in [-0.4, -0.2) is 70.7 Å². The number of carbonyl (C=O) groups is 2. The summed E-state index contributed by atoms with van der Waals surface area (Å²) >= 11 is 0. The molecule has 114 valence electrons. The Morgan fingerprint density at radius 3 is 2.45 bits per heavy atom. The van der Waals surface area contributed by atoms with Crippen LogP contribution in [0.3, 0.4) is 0 Å². The van der Waals surface area contributed by atoms with Crippen LogP contribution in [0.4, 0.5) is 0 Å². The molecule has 1 heterocycles. The number of aliphatic hydroxyl groups excluding tert-OH is 3. The molecule has 0 radical (unpaired) electrons. The third kappa shape index (κ3) is 3.34. The van der Waals surface area contributed by atoms with Gasteiger partial charge in [0.05, 0.1) is 6.61 Å². The topological polar surface area (TPSA) is 119 Å². The van der Waals surface area contributed by atoms with Gasteiger partial charge in [-0.25, -0.2) is 0 Å². The van der Waals surface area contributed by atoms with Crippen molar-refractivity contribution in [2.45, 2.75) is 37.9 Å². The van der Waals surface area contributed by atoms with Crippen LogP contribution in [0.25, 0.3) is 0 Å². The molecule has 1 aliphatic rings. The molecule has 0 spiro atoms. The van der Waals surface area contributed by atoms with Gasteiger partial charge in [0.2, 0.25) is 12.3 Å². The molecule has 0 aromatic rings. The van der Waals surface area contributed by atoms with E-state index in [4.69, 9.17) is 9.84 Å². The highest BCUT2D eigenvalue weighted by Gasteiger charge is 2.44. The maximum atomic E-state index is 11.6. The fraction of sp³-hybridized carbons (Fsp3) is 0.667. The van der Waals surface area contributed by atoms with Crippen molar-refractivity contribution in [2.75, 3.05) is 13.7 Å². The Balaban J connectivity index is 2.94. The summed E-state index contributed by atoms with van der Waals surface area (Å²) in [5, 5.41) is 30.9. The molecule has 4 unspecified atom stereocenters. The molecule has 1 saturated heterocycles. The summed E-state index contributed by atoms with van der Waals surface area (Å²) in [6, 6.07) is 0. The van der Waals surface area contributed by atoms with Crippen molar-refractivity contribution in [1.29, 1.82) is 0 Å². The van der Waals surface area contributed by atoms with E-state index in [0.717, 1.165) is 4.90 Å². The summed E-state index contributed by atoms with van der Waals surface area (Å²) in [5.74, 6) is -0.355. The Kier molecular flexibility index (Phi) is 6.08. The zero-order valence-electron chi connectivity index (χ0n) is 11.4. The highest BCUT2D eigenvalue weighted by atomic mass is 16.6. The summed E-state index contributed by atoms with van der Waals surface area (Å²) in [4.78, 5) is 23.6. The van der Waals surface area contributed by atoms with Gasteiger partial charge in [-0.05, 0) is 6.42 Å². The van der Waals surface area contributed by atoms with Gasteiger partial charge in [-0.3, -0.25) is 14.5 Å². The first kappa shape index (κ1) is 16.6. The number of hydrogen-bond donors (Lipinski definition) is 4. The number of rotatable bonds is 6. The highest BCUT2D eigenvalue weighted by Crippen LogP contribution is 2.24. The van der Waals surface area contributed by atoms with Crippen LogP contribution in [0, 0.1) is 0 Å². The van der Waals surface area contributed by atoms with Gasteiger partial charge in [0, 0.05) is 18.8 Å². The number of aliphatic hydroxyl groups is 3.